The topological polar surface area (TPSA) is 42.0 Å². The van der Waals surface area contributed by atoms with Crippen molar-refractivity contribution in [3.8, 4) is 0 Å². The van der Waals surface area contributed by atoms with Gasteiger partial charge in [-0.1, -0.05) is 51.3 Å². The summed E-state index contributed by atoms with van der Waals surface area (Å²) in [5, 5.41) is 3.99. The van der Waals surface area contributed by atoms with Crippen LogP contribution in [0.25, 0.3) is 0 Å². The molecular formula is C14H11BrCl2N2O. The summed E-state index contributed by atoms with van der Waals surface area (Å²) in [6.07, 6.45) is 0. The van der Waals surface area contributed by atoms with Gasteiger partial charge in [-0.3, -0.25) is 4.79 Å². The molecule has 0 saturated heterocycles. The van der Waals surface area contributed by atoms with E-state index in [-0.39, 0.29) is 11.1 Å². The van der Waals surface area contributed by atoms with E-state index in [1.807, 2.05) is 19.1 Å². The lowest BCUT2D eigenvalue weighted by molar-refractivity contribution is 0.102. The number of hydrogen-bond acceptors (Lipinski definition) is 2. The van der Waals surface area contributed by atoms with Crippen molar-refractivity contribution in [2.75, 3.05) is 5.32 Å². The number of carbonyl (C=O) groups excluding carboxylic acids is 1. The van der Waals surface area contributed by atoms with Gasteiger partial charge in [0, 0.05) is 10.9 Å². The third kappa shape index (κ3) is 3.51. The molecule has 0 fully saturated rings. The Labute approximate surface area is 135 Å². The molecule has 0 spiro atoms. The Kier molecular flexibility index (Phi) is 5.02. The van der Waals surface area contributed by atoms with Crippen LogP contribution in [0.2, 0.25) is 10.3 Å². The Bertz CT molecular complexity index is 621. The molecule has 20 heavy (non-hydrogen) atoms. The van der Waals surface area contributed by atoms with Crippen LogP contribution in [0.3, 0.4) is 0 Å². The van der Waals surface area contributed by atoms with Crippen molar-refractivity contribution in [1.82, 2.24) is 4.98 Å². The number of rotatable bonds is 3. The molecule has 0 aliphatic rings. The number of nitrogens with one attached hydrogen (secondary N) is 1. The van der Waals surface area contributed by atoms with E-state index in [2.05, 4.69) is 26.2 Å². The summed E-state index contributed by atoms with van der Waals surface area (Å²) in [4.78, 5) is 16.1. The Morgan fingerprint density at radius 1 is 1.30 bits per heavy atom. The third-order valence-electron chi connectivity index (χ3n) is 2.75. The van der Waals surface area contributed by atoms with Crippen LogP contribution in [0.4, 0.5) is 5.69 Å². The van der Waals surface area contributed by atoms with Gasteiger partial charge >= 0.3 is 0 Å². The van der Waals surface area contributed by atoms with Gasteiger partial charge in [-0.15, -0.1) is 0 Å². The number of amides is 1. The van der Waals surface area contributed by atoms with Gasteiger partial charge in [-0.25, -0.2) is 4.98 Å². The number of halogens is 3. The second-order valence-corrected chi connectivity index (χ2v) is 5.52. The molecule has 0 unspecified atom stereocenters. The largest absolute Gasteiger partial charge is 0.319 e. The van der Waals surface area contributed by atoms with E-state index in [1.165, 1.54) is 0 Å². The summed E-state index contributed by atoms with van der Waals surface area (Å²) in [5.41, 5.74) is 2.90. The van der Waals surface area contributed by atoms with E-state index in [0.717, 1.165) is 16.5 Å². The van der Waals surface area contributed by atoms with Crippen molar-refractivity contribution in [1.29, 1.82) is 0 Å². The van der Waals surface area contributed by atoms with Crippen molar-refractivity contribution in [3.05, 3.63) is 57.3 Å². The van der Waals surface area contributed by atoms with E-state index < -0.39 is 0 Å². The minimum atomic E-state index is -0.236. The summed E-state index contributed by atoms with van der Waals surface area (Å²) in [5.74, 6) is -0.236. The van der Waals surface area contributed by atoms with Crippen molar-refractivity contribution in [3.63, 3.8) is 0 Å². The minimum Gasteiger partial charge on any atom is -0.319 e. The molecule has 2 rings (SSSR count). The normalized spacial score (nSPS) is 10.4. The lowest BCUT2D eigenvalue weighted by Crippen LogP contribution is -2.13. The Hall–Kier alpha value is -1.10. The number of alkyl halides is 1. The van der Waals surface area contributed by atoms with Crippen molar-refractivity contribution in [2.45, 2.75) is 12.3 Å². The van der Waals surface area contributed by atoms with Crippen LogP contribution < -0.4 is 5.32 Å². The third-order valence-corrected chi connectivity index (χ3v) is 3.86. The van der Waals surface area contributed by atoms with Gasteiger partial charge in [-0.2, -0.15) is 0 Å². The number of benzene rings is 1. The average molecular weight is 374 g/mol. The maximum absolute atomic E-state index is 12.2. The second-order valence-electron chi connectivity index (χ2n) is 4.21. The molecule has 0 aliphatic heterocycles. The smallest absolute Gasteiger partial charge is 0.255 e. The second kappa shape index (κ2) is 6.57. The first-order valence-corrected chi connectivity index (χ1v) is 7.68. The van der Waals surface area contributed by atoms with E-state index >= 15 is 0 Å². The number of nitrogens with zero attached hydrogens (tertiary/aromatic N) is 1. The molecule has 0 saturated carbocycles. The predicted molar refractivity (Wildman–Crippen MR) is 86.0 cm³/mol. The number of pyridine rings is 1. The first-order chi connectivity index (χ1) is 9.51. The van der Waals surface area contributed by atoms with E-state index in [0.29, 0.717) is 16.4 Å². The van der Waals surface area contributed by atoms with Gasteiger partial charge in [0.15, 0.2) is 5.15 Å². The zero-order chi connectivity index (χ0) is 14.7. The SMILES string of the molecule is Cc1cc(Cl)nc(Cl)c1NC(=O)c1ccc(CBr)cc1. The molecule has 6 heteroatoms. The maximum Gasteiger partial charge on any atom is 0.255 e. The monoisotopic (exact) mass is 372 g/mol. The van der Waals surface area contributed by atoms with Gasteiger partial charge in [0.05, 0.1) is 5.69 Å². The Morgan fingerprint density at radius 2 is 1.95 bits per heavy atom. The van der Waals surface area contributed by atoms with Crippen LogP contribution >= 0.6 is 39.1 Å². The Morgan fingerprint density at radius 3 is 2.50 bits per heavy atom. The quantitative estimate of drug-likeness (QED) is 0.617. The molecule has 1 aromatic carbocycles. The van der Waals surface area contributed by atoms with E-state index in [4.69, 9.17) is 23.2 Å². The van der Waals surface area contributed by atoms with Crippen molar-refractivity contribution >= 4 is 50.7 Å². The fourth-order valence-corrected chi connectivity index (χ4v) is 2.63. The number of carbonyl (C=O) groups is 1. The fraction of sp³-hybridized carbons (Fsp3) is 0.143. The van der Waals surface area contributed by atoms with Gasteiger partial charge in [0.25, 0.3) is 5.91 Å². The zero-order valence-electron chi connectivity index (χ0n) is 10.6. The predicted octanol–water partition coefficient (Wildman–Crippen LogP) is 4.84. The highest BCUT2D eigenvalue weighted by Crippen LogP contribution is 2.26. The molecule has 1 aromatic heterocycles. The summed E-state index contributed by atoms with van der Waals surface area (Å²) in [6, 6.07) is 8.95. The van der Waals surface area contributed by atoms with E-state index in [9.17, 15) is 4.79 Å². The highest BCUT2D eigenvalue weighted by Gasteiger charge is 2.12. The standard InChI is InChI=1S/C14H11BrCl2N2O/c1-8-6-11(16)18-13(17)12(8)19-14(20)10-4-2-9(7-15)3-5-10/h2-6H,7H2,1H3,(H,19,20). The molecule has 1 heterocycles. The first-order valence-electron chi connectivity index (χ1n) is 5.80. The van der Waals surface area contributed by atoms with Gasteiger partial charge < -0.3 is 5.32 Å². The van der Waals surface area contributed by atoms with Gasteiger partial charge in [0.2, 0.25) is 0 Å². The summed E-state index contributed by atoms with van der Waals surface area (Å²) in [7, 11) is 0. The van der Waals surface area contributed by atoms with Crippen LogP contribution in [0.15, 0.2) is 30.3 Å². The fourth-order valence-electron chi connectivity index (χ4n) is 1.68. The molecule has 2 aromatic rings. The van der Waals surface area contributed by atoms with E-state index in [1.54, 1.807) is 18.2 Å². The molecule has 0 bridgehead atoms. The highest BCUT2D eigenvalue weighted by atomic mass is 79.9. The first kappa shape index (κ1) is 15.3. The average Bonchev–Trinajstić information content (AvgIpc) is 2.42. The number of hydrogen-bond donors (Lipinski definition) is 1. The lowest BCUT2D eigenvalue weighted by atomic mass is 10.1. The van der Waals surface area contributed by atoms with Crippen LogP contribution in [-0.4, -0.2) is 10.9 Å². The van der Waals surface area contributed by atoms with Crippen LogP contribution in [0, 0.1) is 6.92 Å². The lowest BCUT2D eigenvalue weighted by Gasteiger charge is -2.10. The van der Waals surface area contributed by atoms with Crippen LogP contribution in [-0.2, 0) is 5.33 Å². The van der Waals surface area contributed by atoms with Crippen molar-refractivity contribution < 1.29 is 4.79 Å². The zero-order valence-corrected chi connectivity index (χ0v) is 13.7. The summed E-state index contributed by atoms with van der Waals surface area (Å²) in [6.45, 7) is 1.81. The summed E-state index contributed by atoms with van der Waals surface area (Å²) < 4.78 is 0. The molecule has 1 N–H and O–H groups in total. The molecule has 0 aliphatic carbocycles. The molecule has 3 nitrogen and oxygen atoms in total. The molecular weight excluding hydrogens is 363 g/mol. The molecule has 0 atom stereocenters. The summed E-state index contributed by atoms with van der Waals surface area (Å²) >= 11 is 15.2. The van der Waals surface area contributed by atoms with Crippen LogP contribution in [0.1, 0.15) is 21.5 Å². The highest BCUT2D eigenvalue weighted by molar-refractivity contribution is 9.08. The van der Waals surface area contributed by atoms with Gasteiger partial charge in [-0.05, 0) is 36.2 Å². The maximum atomic E-state index is 12.2. The molecule has 1 amide bonds. The molecule has 0 radical (unpaired) electrons. The number of aromatic nitrogens is 1. The Balaban J connectivity index is 2.23. The minimum absolute atomic E-state index is 0.181. The number of anilines is 1. The van der Waals surface area contributed by atoms with Gasteiger partial charge in [0.1, 0.15) is 5.15 Å². The number of aryl methyl sites for hydroxylation is 1. The van der Waals surface area contributed by atoms with Crippen molar-refractivity contribution in [2.24, 2.45) is 0 Å². The molecule has 104 valence electrons. The van der Waals surface area contributed by atoms with Crippen LogP contribution in [0.5, 0.6) is 0 Å².